The zero-order valence-electron chi connectivity index (χ0n) is 9.96. The van der Waals surface area contributed by atoms with Crippen LogP contribution in [0.1, 0.15) is 19.3 Å². The van der Waals surface area contributed by atoms with Crippen molar-refractivity contribution in [1.82, 2.24) is 0 Å². The number of benzene rings is 1. The normalized spacial score (nSPS) is 14.9. The molecule has 1 aliphatic heterocycles. The minimum absolute atomic E-state index is 0.0348. The third-order valence-electron chi connectivity index (χ3n) is 2.79. The lowest BCUT2D eigenvalue weighted by molar-refractivity contribution is -0.137. The molecule has 1 fully saturated rings. The van der Waals surface area contributed by atoms with E-state index < -0.39 is 5.97 Å². The average molecular weight is 249 g/mol. The molecule has 1 aromatic rings. The summed E-state index contributed by atoms with van der Waals surface area (Å²) >= 11 is 0. The molecule has 1 N–H and O–H groups in total. The maximum absolute atomic E-state index is 11.6. The van der Waals surface area contributed by atoms with Crippen molar-refractivity contribution in [3.05, 3.63) is 24.3 Å². The lowest BCUT2D eigenvalue weighted by Crippen LogP contribution is -2.23. The highest BCUT2D eigenvalue weighted by Gasteiger charge is 2.21. The SMILES string of the molecule is O=C(O)CCOc1cccc(N2CCCC2=O)c1. The summed E-state index contributed by atoms with van der Waals surface area (Å²) in [6.45, 7) is 0.865. The van der Waals surface area contributed by atoms with Crippen LogP contribution in [-0.2, 0) is 9.59 Å². The summed E-state index contributed by atoms with van der Waals surface area (Å²) < 4.78 is 5.33. The van der Waals surface area contributed by atoms with E-state index in [4.69, 9.17) is 9.84 Å². The number of rotatable bonds is 5. The van der Waals surface area contributed by atoms with Crippen LogP contribution in [-0.4, -0.2) is 30.1 Å². The molecule has 0 radical (unpaired) electrons. The van der Waals surface area contributed by atoms with Crippen LogP contribution in [0.15, 0.2) is 24.3 Å². The summed E-state index contributed by atoms with van der Waals surface area (Å²) in [7, 11) is 0. The fourth-order valence-corrected chi connectivity index (χ4v) is 1.92. The van der Waals surface area contributed by atoms with Crippen molar-refractivity contribution in [3.63, 3.8) is 0 Å². The van der Waals surface area contributed by atoms with Crippen LogP contribution in [0.5, 0.6) is 5.75 Å². The first-order chi connectivity index (χ1) is 8.66. The third kappa shape index (κ3) is 3.00. The maximum Gasteiger partial charge on any atom is 0.306 e. The molecular weight excluding hydrogens is 234 g/mol. The molecule has 5 nitrogen and oxygen atoms in total. The molecule has 0 bridgehead atoms. The Labute approximate surface area is 105 Å². The van der Waals surface area contributed by atoms with Gasteiger partial charge in [0.15, 0.2) is 0 Å². The molecule has 18 heavy (non-hydrogen) atoms. The van der Waals surface area contributed by atoms with Crippen LogP contribution in [0, 0.1) is 0 Å². The number of hydrogen-bond donors (Lipinski definition) is 1. The van der Waals surface area contributed by atoms with Gasteiger partial charge in [-0.3, -0.25) is 9.59 Å². The van der Waals surface area contributed by atoms with Gasteiger partial charge in [-0.05, 0) is 18.6 Å². The molecule has 1 heterocycles. The minimum Gasteiger partial charge on any atom is -0.493 e. The summed E-state index contributed by atoms with van der Waals surface area (Å²) in [6.07, 6.45) is 1.43. The molecule has 0 aromatic heterocycles. The van der Waals surface area contributed by atoms with E-state index in [0.29, 0.717) is 12.2 Å². The van der Waals surface area contributed by atoms with Crippen LogP contribution in [0.3, 0.4) is 0 Å². The number of carboxylic acids is 1. The van der Waals surface area contributed by atoms with Gasteiger partial charge in [0.05, 0.1) is 13.0 Å². The Bertz CT molecular complexity index is 458. The Hall–Kier alpha value is -2.04. The Morgan fingerprint density at radius 1 is 1.44 bits per heavy atom. The Kier molecular flexibility index (Phi) is 3.82. The predicted octanol–water partition coefficient (Wildman–Crippen LogP) is 1.67. The molecule has 0 spiro atoms. The van der Waals surface area contributed by atoms with Gasteiger partial charge in [-0.2, -0.15) is 0 Å². The van der Waals surface area contributed by atoms with E-state index in [-0.39, 0.29) is 18.9 Å². The molecule has 1 aliphatic rings. The molecule has 0 aliphatic carbocycles. The first-order valence-electron chi connectivity index (χ1n) is 5.92. The van der Waals surface area contributed by atoms with Crippen molar-refractivity contribution in [2.75, 3.05) is 18.1 Å². The van der Waals surface area contributed by atoms with Gasteiger partial charge in [0.25, 0.3) is 0 Å². The molecule has 0 atom stereocenters. The second-order valence-electron chi connectivity index (χ2n) is 4.14. The molecule has 1 saturated heterocycles. The quantitative estimate of drug-likeness (QED) is 0.861. The van der Waals surface area contributed by atoms with Crippen molar-refractivity contribution in [3.8, 4) is 5.75 Å². The summed E-state index contributed by atoms with van der Waals surface area (Å²) in [5, 5.41) is 8.52. The number of carbonyl (C=O) groups excluding carboxylic acids is 1. The van der Waals surface area contributed by atoms with E-state index >= 15 is 0 Å². The highest BCUT2D eigenvalue weighted by Crippen LogP contribution is 2.25. The van der Waals surface area contributed by atoms with Gasteiger partial charge < -0.3 is 14.7 Å². The second-order valence-corrected chi connectivity index (χ2v) is 4.14. The topological polar surface area (TPSA) is 66.8 Å². The van der Waals surface area contributed by atoms with Crippen LogP contribution in [0.2, 0.25) is 0 Å². The first-order valence-corrected chi connectivity index (χ1v) is 5.92. The first kappa shape index (κ1) is 12.4. The van der Waals surface area contributed by atoms with E-state index in [0.717, 1.165) is 18.7 Å². The molecular formula is C13H15NO4. The van der Waals surface area contributed by atoms with Crippen molar-refractivity contribution >= 4 is 17.6 Å². The van der Waals surface area contributed by atoms with E-state index in [2.05, 4.69) is 0 Å². The average Bonchev–Trinajstić information content (AvgIpc) is 2.75. The van der Waals surface area contributed by atoms with Crippen LogP contribution in [0.25, 0.3) is 0 Å². The largest absolute Gasteiger partial charge is 0.493 e. The number of amides is 1. The molecule has 1 amide bonds. The van der Waals surface area contributed by atoms with Gasteiger partial charge >= 0.3 is 5.97 Å². The summed E-state index contributed by atoms with van der Waals surface area (Å²) in [4.78, 5) is 23.7. The monoisotopic (exact) mass is 249 g/mol. The lowest BCUT2D eigenvalue weighted by Gasteiger charge is -2.16. The Balaban J connectivity index is 2.00. The zero-order valence-corrected chi connectivity index (χ0v) is 9.96. The number of carbonyl (C=O) groups is 2. The Morgan fingerprint density at radius 3 is 2.94 bits per heavy atom. The number of ether oxygens (including phenoxy) is 1. The fraction of sp³-hybridized carbons (Fsp3) is 0.385. The van der Waals surface area contributed by atoms with Crippen LogP contribution < -0.4 is 9.64 Å². The molecule has 2 rings (SSSR count). The van der Waals surface area contributed by atoms with Gasteiger partial charge in [-0.15, -0.1) is 0 Å². The lowest BCUT2D eigenvalue weighted by atomic mass is 10.3. The van der Waals surface area contributed by atoms with Crippen molar-refractivity contribution in [2.45, 2.75) is 19.3 Å². The minimum atomic E-state index is -0.888. The van der Waals surface area contributed by atoms with Crippen molar-refractivity contribution in [2.24, 2.45) is 0 Å². The van der Waals surface area contributed by atoms with Gasteiger partial charge in [-0.25, -0.2) is 0 Å². The summed E-state index contributed by atoms with van der Waals surface area (Å²) in [5.74, 6) is -0.174. The van der Waals surface area contributed by atoms with Crippen molar-refractivity contribution < 1.29 is 19.4 Å². The van der Waals surface area contributed by atoms with Crippen molar-refractivity contribution in [1.29, 1.82) is 0 Å². The second kappa shape index (κ2) is 5.53. The highest BCUT2D eigenvalue weighted by atomic mass is 16.5. The maximum atomic E-state index is 11.6. The van der Waals surface area contributed by atoms with Gasteiger partial charge in [0.2, 0.25) is 5.91 Å². The van der Waals surface area contributed by atoms with E-state index in [1.54, 1.807) is 23.1 Å². The molecule has 1 aromatic carbocycles. The number of aliphatic carboxylic acids is 1. The van der Waals surface area contributed by atoms with Gasteiger partial charge in [0, 0.05) is 24.7 Å². The zero-order chi connectivity index (χ0) is 13.0. The number of carboxylic acid groups (broad SMARTS) is 1. The number of hydrogen-bond acceptors (Lipinski definition) is 3. The van der Waals surface area contributed by atoms with Gasteiger partial charge in [0.1, 0.15) is 5.75 Å². The fourth-order valence-electron chi connectivity index (χ4n) is 1.92. The standard InChI is InChI=1S/C13H15NO4/c15-12-5-2-7-14(12)10-3-1-4-11(9-10)18-8-6-13(16)17/h1,3-4,9H,2,5-8H2,(H,16,17). The summed E-state index contributed by atoms with van der Waals surface area (Å²) in [5.41, 5.74) is 0.810. The number of anilines is 1. The summed E-state index contributed by atoms with van der Waals surface area (Å²) in [6, 6.07) is 7.18. The smallest absolute Gasteiger partial charge is 0.306 e. The molecule has 96 valence electrons. The molecule has 0 unspecified atom stereocenters. The molecule has 5 heteroatoms. The third-order valence-corrected chi connectivity index (χ3v) is 2.79. The van der Waals surface area contributed by atoms with Gasteiger partial charge in [-0.1, -0.05) is 6.07 Å². The number of nitrogens with zero attached hydrogens (tertiary/aromatic N) is 1. The van der Waals surface area contributed by atoms with Crippen LogP contribution >= 0.6 is 0 Å². The van der Waals surface area contributed by atoms with E-state index in [1.807, 2.05) is 6.07 Å². The van der Waals surface area contributed by atoms with E-state index in [9.17, 15) is 9.59 Å². The Morgan fingerprint density at radius 2 is 2.28 bits per heavy atom. The highest BCUT2D eigenvalue weighted by molar-refractivity contribution is 5.95. The molecule has 0 saturated carbocycles. The predicted molar refractivity (Wildman–Crippen MR) is 65.8 cm³/mol. The van der Waals surface area contributed by atoms with E-state index in [1.165, 1.54) is 0 Å². The van der Waals surface area contributed by atoms with Crippen LogP contribution in [0.4, 0.5) is 5.69 Å².